The summed E-state index contributed by atoms with van der Waals surface area (Å²) in [6, 6.07) is 15.4. The molecule has 0 spiro atoms. The summed E-state index contributed by atoms with van der Waals surface area (Å²) >= 11 is 0. The van der Waals surface area contributed by atoms with Crippen molar-refractivity contribution in [2.75, 3.05) is 12.4 Å². The maximum absolute atomic E-state index is 12.6. The van der Waals surface area contributed by atoms with Gasteiger partial charge in [-0.3, -0.25) is 4.79 Å². The van der Waals surface area contributed by atoms with E-state index in [1.165, 1.54) is 11.1 Å². The lowest BCUT2D eigenvalue weighted by Crippen LogP contribution is -2.24. The fraction of sp³-hybridized carbons (Fsp3) is 0.261. The van der Waals surface area contributed by atoms with Crippen molar-refractivity contribution in [3.63, 3.8) is 0 Å². The van der Waals surface area contributed by atoms with Crippen molar-refractivity contribution in [1.82, 2.24) is 15.3 Å². The first kappa shape index (κ1) is 20.3. The molecule has 6 nitrogen and oxygen atoms in total. The molecule has 0 radical (unpaired) electrons. The van der Waals surface area contributed by atoms with Crippen LogP contribution in [0.2, 0.25) is 0 Å². The number of methoxy groups -OCH3 is 1. The minimum atomic E-state index is -0.263. The van der Waals surface area contributed by atoms with Gasteiger partial charge in [-0.2, -0.15) is 0 Å². The van der Waals surface area contributed by atoms with E-state index in [1.54, 1.807) is 19.4 Å². The lowest BCUT2D eigenvalue weighted by atomic mass is 10.0. The molecule has 0 fully saturated rings. The smallest absolute Gasteiger partial charge is 0.270 e. The van der Waals surface area contributed by atoms with Crippen molar-refractivity contribution in [3.8, 4) is 5.75 Å². The van der Waals surface area contributed by atoms with Gasteiger partial charge in [-0.05, 0) is 36.1 Å². The van der Waals surface area contributed by atoms with Gasteiger partial charge in [-0.25, -0.2) is 9.97 Å². The molecule has 0 saturated heterocycles. The van der Waals surface area contributed by atoms with Gasteiger partial charge in [0.25, 0.3) is 5.91 Å². The number of rotatable bonds is 8. The van der Waals surface area contributed by atoms with Gasteiger partial charge in [0.05, 0.1) is 7.11 Å². The molecular formula is C23H26N4O2. The zero-order valence-electron chi connectivity index (χ0n) is 17.0. The van der Waals surface area contributed by atoms with Crippen LogP contribution in [0.25, 0.3) is 0 Å². The minimum Gasteiger partial charge on any atom is -0.496 e. The van der Waals surface area contributed by atoms with E-state index in [1.807, 2.05) is 24.3 Å². The summed E-state index contributed by atoms with van der Waals surface area (Å²) in [5.74, 6) is 0.882. The summed E-state index contributed by atoms with van der Waals surface area (Å²) in [5, 5.41) is 6.20. The highest BCUT2D eigenvalue weighted by Gasteiger charge is 2.12. The summed E-state index contributed by atoms with van der Waals surface area (Å²) in [6.07, 6.45) is 3.39. The van der Waals surface area contributed by atoms with E-state index in [4.69, 9.17) is 4.74 Å². The summed E-state index contributed by atoms with van der Waals surface area (Å²) in [6.45, 7) is 4.58. The number of para-hydroxylation sites is 2. The Labute approximate surface area is 171 Å². The van der Waals surface area contributed by atoms with Crippen molar-refractivity contribution >= 4 is 17.5 Å². The molecule has 6 heteroatoms. The topological polar surface area (TPSA) is 76.1 Å². The van der Waals surface area contributed by atoms with Gasteiger partial charge < -0.3 is 15.4 Å². The molecule has 0 atom stereocenters. The zero-order chi connectivity index (χ0) is 20.6. The Morgan fingerprint density at radius 3 is 2.34 bits per heavy atom. The van der Waals surface area contributed by atoms with E-state index in [0.717, 1.165) is 29.8 Å². The predicted molar refractivity (Wildman–Crippen MR) is 115 cm³/mol. The molecule has 1 amide bonds. The van der Waals surface area contributed by atoms with Crippen LogP contribution in [0, 0.1) is 0 Å². The Bertz CT molecular complexity index is 966. The number of carbonyl (C=O) groups excluding carboxylic acids is 1. The normalized spacial score (nSPS) is 10.4. The van der Waals surface area contributed by atoms with E-state index in [0.29, 0.717) is 18.2 Å². The van der Waals surface area contributed by atoms with E-state index in [-0.39, 0.29) is 5.91 Å². The Morgan fingerprint density at radius 1 is 0.966 bits per heavy atom. The molecule has 1 heterocycles. The van der Waals surface area contributed by atoms with E-state index in [2.05, 4.69) is 52.6 Å². The highest BCUT2D eigenvalue weighted by Crippen LogP contribution is 2.25. The number of aromatic nitrogens is 2. The number of ether oxygens (including phenoxy) is 1. The highest BCUT2D eigenvalue weighted by atomic mass is 16.5. The molecule has 1 aromatic heterocycles. The summed E-state index contributed by atoms with van der Waals surface area (Å²) < 4.78 is 5.33. The van der Waals surface area contributed by atoms with E-state index in [9.17, 15) is 4.79 Å². The molecule has 0 aliphatic carbocycles. The summed E-state index contributed by atoms with van der Waals surface area (Å²) in [4.78, 5) is 21.3. The number of aryl methyl sites for hydroxylation is 2. The molecular weight excluding hydrogens is 364 g/mol. The molecule has 0 bridgehead atoms. The predicted octanol–water partition coefficient (Wildman–Crippen LogP) is 4.28. The number of hydrogen-bond donors (Lipinski definition) is 2. The number of hydrogen-bond acceptors (Lipinski definition) is 5. The van der Waals surface area contributed by atoms with Gasteiger partial charge in [0.2, 0.25) is 5.95 Å². The van der Waals surface area contributed by atoms with E-state index >= 15 is 0 Å². The average Bonchev–Trinajstić information content (AvgIpc) is 2.77. The highest BCUT2D eigenvalue weighted by molar-refractivity contribution is 5.92. The van der Waals surface area contributed by atoms with Crippen LogP contribution in [0.1, 0.15) is 41.0 Å². The van der Waals surface area contributed by atoms with Crippen molar-refractivity contribution in [3.05, 3.63) is 77.1 Å². The van der Waals surface area contributed by atoms with Gasteiger partial charge in [0.15, 0.2) is 0 Å². The first-order valence-corrected chi connectivity index (χ1v) is 9.77. The maximum Gasteiger partial charge on any atom is 0.270 e. The van der Waals surface area contributed by atoms with Crippen LogP contribution in [0.5, 0.6) is 5.75 Å². The Balaban J connectivity index is 1.75. The number of anilines is 2. The largest absolute Gasteiger partial charge is 0.496 e. The molecule has 29 heavy (non-hydrogen) atoms. The third kappa shape index (κ3) is 4.90. The van der Waals surface area contributed by atoms with Crippen molar-refractivity contribution in [2.45, 2.75) is 33.2 Å². The average molecular weight is 390 g/mol. The Kier molecular flexibility index (Phi) is 6.79. The van der Waals surface area contributed by atoms with Crippen molar-refractivity contribution in [1.29, 1.82) is 0 Å². The fourth-order valence-electron chi connectivity index (χ4n) is 3.18. The Morgan fingerprint density at radius 2 is 1.66 bits per heavy atom. The van der Waals surface area contributed by atoms with Gasteiger partial charge in [-0.15, -0.1) is 0 Å². The van der Waals surface area contributed by atoms with Crippen LogP contribution in [0.3, 0.4) is 0 Å². The molecule has 0 aliphatic heterocycles. The second-order valence-electron chi connectivity index (χ2n) is 6.54. The van der Waals surface area contributed by atoms with Crippen LogP contribution in [0.4, 0.5) is 11.6 Å². The molecule has 2 N–H and O–H groups in total. The van der Waals surface area contributed by atoms with Gasteiger partial charge in [-0.1, -0.05) is 50.2 Å². The van der Waals surface area contributed by atoms with E-state index < -0.39 is 0 Å². The van der Waals surface area contributed by atoms with Crippen LogP contribution in [0.15, 0.2) is 54.7 Å². The minimum absolute atomic E-state index is 0.263. The number of amides is 1. The number of nitrogens with zero attached hydrogens (tertiary/aromatic N) is 2. The number of nitrogens with one attached hydrogen (secondary N) is 2. The van der Waals surface area contributed by atoms with Gasteiger partial charge in [0.1, 0.15) is 11.4 Å². The SMILES string of the molecule is CCc1cccc(CC)c1Nc1nccc(C(=O)NCc2ccccc2OC)n1. The standard InChI is InChI=1S/C23H26N4O2/c1-4-16-10-8-11-17(5-2)21(16)27-23-24-14-13-19(26-23)22(28)25-15-18-9-6-7-12-20(18)29-3/h6-14H,4-5,15H2,1-3H3,(H,25,28)(H,24,26,27). The van der Waals surface area contributed by atoms with Gasteiger partial charge >= 0.3 is 0 Å². The van der Waals surface area contributed by atoms with Crippen LogP contribution in [-0.4, -0.2) is 23.0 Å². The molecule has 3 aromatic rings. The van der Waals surface area contributed by atoms with Crippen LogP contribution >= 0.6 is 0 Å². The summed E-state index contributed by atoms with van der Waals surface area (Å²) in [5.41, 5.74) is 4.62. The molecule has 0 aliphatic rings. The van der Waals surface area contributed by atoms with Gasteiger partial charge in [0, 0.05) is 24.0 Å². The third-order valence-corrected chi connectivity index (χ3v) is 4.76. The quantitative estimate of drug-likeness (QED) is 0.600. The number of carbonyl (C=O) groups is 1. The molecule has 3 rings (SSSR count). The van der Waals surface area contributed by atoms with Crippen molar-refractivity contribution in [2.24, 2.45) is 0 Å². The molecule has 150 valence electrons. The second kappa shape index (κ2) is 9.68. The fourth-order valence-corrected chi connectivity index (χ4v) is 3.18. The molecule has 0 saturated carbocycles. The Hall–Kier alpha value is -3.41. The van der Waals surface area contributed by atoms with Crippen LogP contribution in [-0.2, 0) is 19.4 Å². The molecule has 0 unspecified atom stereocenters. The lowest BCUT2D eigenvalue weighted by Gasteiger charge is -2.14. The monoisotopic (exact) mass is 390 g/mol. The first-order valence-electron chi connectivity index (χ1n) is 9.77. The first-order chi connectivity index (χ1) is 14.2. The van der Waals surface area contributed by atoms with Crippen LogP contribution < -0.4 is 15.4 Å². The molecule has 2 aromatic carbocycles. The maximum atomic E-state index is 12.6. The third-order valence-electron chi connectivity index (χ3n) is 4.76. The zero-order valence-corrected chi connectivity index (χ0v) is 17.0. The van der Waals surface area contributed by atoms with Crippen molar-refractivity contribution < 1.29 is 9.53 Å². The lowest BCUT2D eigenvalue weighted by molar-refractivity contribution is 0.0945. The number of benzene rings is 2. The summed E-state index contributed by atoms with van der Waals surface area (Å²) in [7, 11) is 1.61. The second-order valence-corrected chi connectivity index (χ2v) is 6.54.